The predicted molar refractivity (Wildman–Crippen MR) is 126 cm³/mol. The molecule has 1 aromatic carbocycles. The molecule has 0 radical (unpaired) electrons. The molecular formula is C25H35N3O4. The van der Waals surface area contributed by atoms with E-state index in [1.54, 1.807) is 19.9 Å². The van der Waals surface area contributed by atoms with Crippen LogP contribution in [0.5, 0.6) is 5.75 Å². The average Bonchev–Trinajstić information content (AvgIpc) is 3.01. The van der Waals surface area contributed by atoms with Crippen molar-refractivity contribution in [2.24, 2.45) is 5.41 Å². The van der Waals surface area contributed by atoms with E-state index in [1.165, 1.54) is 12.8 Å². The van der Waals surface area contributed by atoms with Crippen LogP contribution in [0.25, 0.3) is 10.9 Å². The Labute approximate surface area is 190 Å². The van der Waals surface area contributed by atoms with Gasteiger partial charge >= 0.3 is 5.97 Å². The molecule has 1 fully saturated rings. The lowest BCUT2D eigenvalue weighted by molar-refractivity contribution is -0.131. The summed E-state index contributed by atoms with van der Waals surface area (Å²) in [7, 11) is 0. The molecule has 1 aliphatic rings. The van der Waals surface area contributed by atoms with E-state index in [9.17, 15) is 9.59 Å². The Morgan fingerprint density at radius 3 is 2.53 bits per heavy atom. The quantitative estimate of drug-likeness (QED) is 0.483. The van der Waals surface area contributed by atoms with E-state index in [1.807, 2.05) is 26.0 Å². The van der Waals surface area contributed by atoms with Gasteiger partial charge in [-0.15, -0.1) is 0 Å². The van der Waals surface area contributed by atoms with Gasteiger partial charge in [0.2, 0.25) is 5.91 Å². The smallest absolute Gasteiger partial charge is 0.342 e. The molecule has 1 saturated carbocycles. The van der Waals surface area contributed by atoms with Crippen LogP contribution in [-0.4, -0.2) is 36.1 Å². The molecule has 7 nitrogen and oxygen atoms in total. The van der Waals surface area contributed by atoms with E-state index < -0.39 is 11.4 Å². The fraction of sp³-hybridized carbons (Fsp3) is 0.560. The van der Waals surface area contributed by atoms with Gasteiger partial charge in [0.05, 0.1) is 34.3 Å². The number of benzene rings is 1. The number of nitrogens with two attached hydrogens (primary N) is 1. The largest absolute Gasteiger partial charge is 0.492 e. The summed E-state index contributed by atoms with van der Waals surface area (Å²) in [6.07, 6.45) is 6.86. The number of pyridine rings is 1. The van der Waals surface area contributed by atoms with Crippen molar-refractivity contribution in [3.05, 3.63) is 29.5 Å². The van der Waals surface area contributed by atoms with Crippen molar-refractivity contribution in [3.8, 4) is 5.75 Å². The molecule has 0 aliphatic heterocycles. The van der Waals surface area contributed by atoms with Crippen LogP contribution in [0.2, 0.25) is 0 Å². The molecule has 1 amide bonds. The van der Waals surface area contributed by atoms with E-state index in [0.717, 1.165) is 25.7 Å². The van der Waals surface area contributed by atoms with Gasteiger partial charge in [0.1, 0.15) is 17.9 Å². The standard InChI is InChI=1S/C25H35N3O4/c1-5-31-23(29)20-16(2)27-18-13-10-14-19(21(18)22(20)26)32-15-25(3,4)24(30)28-17-11-8-6-7-9-12-17/h10,13-14,17H,5-9,11-12,15H2,1-4H3,(H2,26,27)(H,28,30). The number of esters is 1. The highest BCUT2D eigenvalue weighted by molar-refractivity contribution is 6.07. The number of amides is 1. The van der Waals surface area contributed by atoms with Gasteiger partial charge in [-0.2, -0.15) is 0 Å². The minimum absolute atomic E-state index is 0.0150. The number of carbonyl (C=O) groups is 2. The molecule has 32 heavy (non-hydrogen) atoms. The van der Waals surface area contributed by atoms with Crippen molar-refractivity contribution >= 4 is 28.5 Å². The molecule has 1 heterocycles. The van der Waals surface area contributed by atoms with Crippen LogP contribution in [-0.2, 0) is 9.53 Å². The normalized spacial score (nSPS) is 15.2. The number of ether oxygens (including phenoxy) is 2. The van der Waals surface area contributed by atoms with Crippen molar-refractivity contribution in [1.29, 1.82) is 0 Å². The average molecular weight is 442 g/mol. The fourth-order valence-electron chi connectivity index (χ4n) is 4.15. The van der Waals surface area contributed by atoms with E-state index in [-0.39, 0.29) is 36.4 Å². The zero-order valence-corrected chi connectivity index (χ0v) is 19.6. The van der Waals surface area contributed by atoms with Gasteiger partial charge in [-0.25, -0.2) is 4.79 Å². The molecule has 0 atom stereocenters. The molecule has 174 valence electrons. The summed E-state index contributed by atoms with van der Waals surface area (Å²) in [6.45, 7) is 7.65. The Kier molecular flexibility index (Phi) is 7.59. The third kappa shape index (κ3) is 5.31. The first-order valence-corrected chi connectivity index (χ1v) is 11.5. The molecule has 7 heteroatoms. The number of nitrogen functional groups attached to an aromatic ring is 1. The monoisotopic (exact) mass is 441 g/mol. The molecule has 0 unspecified atom stereocenters. The van der Waals surface area contributed by atoms with Crippen LogP contribution in [0.4, 0.5) is 5.69 Å². The number of nitrogens with zero attached hydrogens (tertiary/aromatic N) is 1. The third-order valence-corrected chi connectivity index (χ3v) is 6.07. The van der Waals surface area contributed by atoms with Gasteiger partial charge in [0, 0.05) is 6.04 Å². The van der Waals surface area contributed by atoms with Crippen LogP contribution in [0.3, 0.4) is 0 Å². The number of aryl methyl sites for hydroxylation is 1. The van der Waals surface area contributed by atoms with Gasteiger partial charge in [-0.1, -0.05) is 31.7 Å². The number of hydrogen-bond acceptors (Lipinski definition) is 6. The summed E-state index contributed by atoms with van der Waals surface area (Å²) >= 11 is 0. The third-order valence-electron chi connectivity index (χ3n) is 6.07. The first kappa shape index (κ1) is 23.8. The number of aromatic nitrogens is 1. The minimum atomic E-state index is -0.731. The van der Waals surface area contributed by atoms with Crippen LogP contribution < -0.4 is 15.8 Å². The van der Waals surface area contributed by atoms with Crippen LogP contribution in [0.15, 0.2) is 18.2 Å². The van der Waals surface area contributed by atoms with Crippen LogP contribution in [0, 0.1) is 12.3 Å². The van der Waals surface area contributed by atoms with Crippen molar-refractivity contribution in [2.75, 3.05) is 18.9 Å². The highest BCUT2D eigenvalue weighted by atomic mass is 16.5. The topological polar surface area (TPSA) is 104 Å². The zero-order chi connectivity index (χ0) is 23.3. The van der Waals surface area contributed by atoms with Gasteiger partial charge in [-0.05, 0) is 52.7 Å². The van der Waals surface area contributed by atoms with Gasteiger partial charge < -0.3 is 20.5 Å². The van der Waals surface area contributed by atoms with E-state index in [0.29, 0.717) is 22.3 Å². The Bertz CT molecular complexity index is 979. The lowest BCUT2D eigenvalue weighted by atomic mass is 9.92. The molecule has 2 aromatic rings. The number of rotatable bonds is 7. The first-order chi connectivity index (χ1) is 15.2. The molecule has 1 aromatic heterocycles. The van der Waals surface area contributed by atoms with Gasteiger partial charge in [-0.3, -0.25) is 9.78 Å². The maximum Gasteiger partial charge on any atom is 0.342 e. The van der Waals surface area contributed by atoms with Crippen LogP contribution >= 0.6 is 0 Å². The summed E-state index contributed by atoms with van der Waals surface area (Å²) in [5, 5.41) is 3.77. The Morgan fingerprint density at radius 2 is 1.88 bits per heavy atom. The fourth-order valence-corrected chi connectivity index (χ4v) is 4.15. The SMILES string of the molecule is CCOC(=O)c1c(C)nc2cccc(OCC(C)(C)C(=O)NC3CCCCCC3)c2c1N. The Morgan fingerprint density at radius 1 is 1.19 bits per heavy atom. The number of carbonyl (C=O) groups excluding carboxylic acids is 2. The summed E-state index contributed by atoms with van der Waals surface area (Å²) in [5.41, 5.74) is 7.33. The number of nitrogens with one attached hydrogen (secondary N) is 1. The summed E-state index contributed by atoms with van der Waals surface area (Å²) in [4.78, 5) is 29.9. The molecule has 0 bridgehead atoms. The summed E-state index contributed by atoms with van der Waals surface area (Å²) in [5.74, 6) is -0.0259. The van der Waals surface area contributed by atoms with Crippen molar-refractivity contribution in [1.82, 2.24) is 10.3 Å². The van der Waals surface area contributed by atoms with E-state index in [4.69, 9.17) is 15.2 Å². The zero-order valence-electron chi connectivity index (χ0n) is 19.6. The Balaban J connectivity index is 1.81. The molecule has 0 spiro atoms. The molecule has 3 rings (SSSR count). The van der Waals surface area contributed by atoms with E-state index >= 15 is 0 Å². The second kappa shape index (κ2) is 10.2. The van der Waals surface area contributed by atoms with Gasteiger partial charge in [0.25, 0.3) is 0 Å². The number of hydrogen-bond donors (Lipinski definition) is 2. The summed E-state index contributed by atoms with van der Waals surface area (Å²) in [6, 6.07) is 5.66. The van der Waals surface area contributed by atoms with Crippen molar-refractivity contribution in [2.45, 2.75) is 72.3 Å². The first-order valence-electron chi connectivity index (χ1n) is 11.5. The lowest BCUT2D eigenvalue weighted by Gasteiger charge is -2.27. The highest BCUT2D eigenvalue weighted by Crippen LogP contribution is 2.34. The second-order valence-electron chi connectivity index (χ2n) is 9.19. The Hall–Kier alpha value is -2.83. The maximum absolute atomic E-state index is 13.0. The molecule has 1 aliphatic carbocycles. The number of anilines is 1. The van der Waals surface area contributed by atoms with E-state index in [2.05, 4.69) is 10.3 Å². The second-order valence-corrected chi connectivity index (χ2v) is 9.19. The molecular weight excluding hydrogens is 406 g/mol. The molecule has 0 saturated heterocycles. The molecule has 3 N–H and O–H groups in total. The lowest BCUT2D eigenvalue weighted by Crippen LogP contribution is -2.45. The van der Waals surface area contributed by atoms with Crippen molar-refractivity contribution in [3.63, 3.8) is 0 Å². The predicted octanol–water partition coefficient (Wildman–Crippen LogP) is 4.55. The highest BCUT2D eigenvalue weighted by Gasteiger charge is 2.31. The van der Waals surface area contributed by atoms with Crippen molar-refractivity contribution < 1.29 is 19.1 Å². The van der Waals surface area contributed by atoms with Crippen LogP contribution in [0.1, 0.15) is 75.3 Å². The van der Waals surface area contributed by atoms with Gasteiger partial charge in [0.15, 0.2) is 0 Å². The minimum Gasteiger partial charge on any atom is -0.492 e. The number of fused-ring (bicyclic) bond motifs is 1. The maximum atomic E-state index is 13.0. The summed E-state index contributed by atoms with van der Waals surface area (Å²) < 4.78 is 11.3.